The highest BCUT2D eigenvalue weighted by atomic mass is 16.5. The maximum atomic E-state index is 11.7. The molecule has 0 saturated carbocycles. The molecule has 0 spiro atoms. The molecule has 0 aromatic heterocycles. The summed E-state index contributed by atoms with van der Waals surface area (Å²) in [7, 11) is 1.35. The van der Waals surface area contributed by atoms with Gasteiger partial charge in [0, 0.05) is 31.8 Å². The topological polar surface area (TPSA) is 76.7 Å². The molecule has 1 atom stereocenters. The molecule has 1 amide bonds. The summed E-state index contributed by atoms with van der Waals surface area (Å²) in [5.74, 6) is -0.353. The van der Waals surface area contributed by atoms with Crippen LogP contribution >= 0.6 is 0 Å². The van der Waals surface area contributed by atoms with Crippen LogP contribution < -0.4 is 10.6 Å². The van der Waals surface area contributed by atoms with Crippen LogP contribution in [-0.2, 0) is 14.3 Å². The van der Waals surface area contributed by atoms with E-state index in [-0.39, 0.29) is 18.0 Å². The molecule has 1 aromatic carbocycles. The standard InChI is InChI=1S/C16H22N2O4/c1-21-16(20)12-4-6-13(7-5-12)17-9-8-15(19)18-11-14-3-2-10-22-14/h4-7,14,17H,2-3,8-11H2,1H3,(H,18,19). The number of carbonyl (C=O) groups is 2. The van der Waals surface area contributed by atoms with Crippen molar-refractivity contribution in [3.63, 3.8) is 0 Å². The minimum absolute atomic E-state index is 0.00850. The van der Waals surface area contributed by atoms with Crippen molar-refractivity contribution in [1.29, 1.82) is 0 Å². The Kier molecular flexibility index (Phi) is 6.21. The first kappa shape index (κ1) is 16.3. The van der Waals surface area contributed by atoms with Crippen LogP contribution in [0.15, 0.2) is 24.3 Å². The molecule has 6 heteroatoms. The van der Waals surface area contributed by atoms with Crippen molar-refractivity contribution in [2.24, 2.45) is 0 Å². The van der Waals surface area contributed by atoms with Gasteiger partial charge in [-0.3, -0.25) is 4.79 Å². The van der Waals surface area contributed by atoms with E-state index in [9.17, 15) is 9.59 Å². The Morgan fingerprint density at radius 3 is 2.73 bits per heavy atom. The molecule has 1 unspecified atom stereocenters. The molecule has 1 fully saturated rings. The second-order valence-electron chi connectivity index (χ2n) is 5.18. The van der Waals surface area contributed by atoms with Gasteiger partial charge >= 0.3 is 5.97 Å². The maximum Gasteiger partial charge on any atom is 0.337 e. The first-order valence-electron chi connectivity index (χ1n) is 7.49. The third-order valence-electron chi connectivity index (χ3n) is 3.54. The molecule has 0 radical (unpaired) electrons. The summed E-state index contributed by atoms with van der Waals surface area (Å²) in [6.07, 6.45) is 2.66. The SMILES string of the molecule is COC(=O)c1ccc(NCCC(=O)NCC2CCCO2)cc1. The number of rotatable bonds is 7. The van der Waals surface area contributed by atoms with E-state index < -0.39 is 0 Å². The molecule has 0 bridgehead atoms. The van der Waals surface area contributed by atoms with E-state index in [0.717, 1.165) is 25.1 Å². The van der Waals surface area contributed by atoms with Crippen molar-refractivity contribution in [3.05, 3.63) is 29.8 Å². The average molecular weight is 306 g/mol. The lowest BCUT2D eigenvalue weighted by molar-refractivity contribution is -0.121. The van der Waals surface area contributed by atoms with Crippen molar-refractivity contribution in [2.45, 2.75) is 25.4 Å². The van der Waals surface area contributed by atoms with Crippen LogP contribution in [0.5, 0.6) is 0 Å². The molecular weight excluding hydrogens is 284 g/mol. The quantitative estimate of drug-likeness (QED) is 0.748. The minimum atomic E-state index is -0.361. The van der Waals surface area contributed by atoms with E-state index in [1.165, 1.54) is 7.11 Å². The smallest absolute Gasteiger partial charge is 0.337 e. The number of hydrogen-bond acceptors (Lipinski definition) is 5. The van der Waals surface area contributed by atoms with Crippen LogP contribution in [0.1, 0.15) is 29.6 Å². The fourth-order valence-electron chi connectivity index (χ4n) is 2.28. The molecule has 120 valence electrons. The summed E-state index contributed by atoms with van der Waals surface area (Å²) in [5, 5.41) is 6.02. The van der Waals surface area contributed by atoms with Gasteiger partial charge in [-0.1, -0.05) is 0 Å². The number of esters is 1. The minimum Gasteiger partial charge on any atom is -0.465 e. The molecule has 1 saturated heterocycles. The fourth-order valence-corrected chi connectivity index (χ4v) is 2.28. The van der Waals surface area contributed by atoms with Crippen molar-refractivity contribution in [1.82, 2.24) is 5.32 Å². The third kappa shape index (κ3) is 5.04. The largest absolute Gasteiger partial charge is 0.465 e. The summed E-state index contributed by atoms with van der Waals surface area (Å²) < 4.78 is 10.1. The molecule has 0 aliphatic carbocycles. The Labute approximate surface area is 130 Å². The monoisotopic (exact) mass is 306 g/mol. The second kappa shape index (κ2) is 8.38. The van der Waals surface area contributed by atoms with Gasteiger partial charge in [0.2, 0.25) is 5.91 Å². The first-order chi connectivity index (χ1) is 10.7. The predicted molar refractivity (Wildman–Crippen MR) is 82.9 cm³/mol. The molecular formula is C16H22N2O4. The number of carbonyl (C=O) groups excluding carboxylic acids is 2. The average Bonchev–Trinajstić information content (AvgIpc) is 3.06. The van der Waals surface area contributed by atoms with Crippen molar-refractivity contribution in [3.8, 4) is 0 Å². The van der Waals surface area contributed by atoms with Crippen LogP contribution in [0.2, 0.25) is 0 Å². The predicted octanol–water partition coefficient (Wildman–Crippen LogP) is 1.57. The van der Waals surface area contributed by atoms with Gasteiger partial charge in [-0.2, -0.15) is 0 Å². The summed E-state index contributed by atoms with van der Waals surface area (Å²) in [6, 6.07) is 6.95. The van der Waals surface area contributed by atoms with E-state index in [0.29, 0.717) is 25.1 Å². The van der Waals surface area contributed by atoms with Gasteiger partial charge in [0.25, 0.3) is 0 Å². The fraction of sp³-hybridized carbons (Fsp3) is 0.500. The lowest BCUT2D eigenvalue weighted by Gasteiger charge is -2.11. The Bertz CT molecular complexity index is 495. The van der Waals surface area contributed by atoms with Crippen LogP contribution in [0.4, 0.5) is 5.69 Å². The summed E-state index contributed by atoms with van der Waals surface area (Å²) in [6.45, 7) is 1.92. The Balaban J connectivity index is 1.65. The molecule has 1 aliphatic rings. The molecule has 6 nitrogen and oxygen atoms in total. The van der Waals surface area contributed by atoms with Crippen LogP contribution in [0.25, 0.3) is 0 Å². The zero-order chi connectivity index (χ0) is 15.8. The normalized spacial score (nSPS) is 17.0. The zero-order valence-corrected chi connectivity index (χ0v) is 12.8. The number of ether oxygens (including phenoxy) is 2. The summed E-state index contributed by atoms with van der Waals surface area (Å²) >= 11 is 0. The highest BCUT2D eigenvalue weighted by Crippen LogP contribution is 2.11. The molecule has 1 aromatic rings. The van der Waals surface area contributed by atoms with E-state index in [4.69, 9.17) is 4.74 Å². The maximum absolute atomic E-state index is 11.7. The molecule has 1 heterocycles. The Morgan fingerprint density at radius 2 is 2.09 bits per heavy atom. The van der Waals surface area contributed by atoms with Crippen LogP contribution in [0, 0.1) is 0 Å². The van der Waals surface area contributed by atoms with Crippen molar-refractivity contribution >= 4 is 17.6 Å². The first-order valence-corrected chi connectivity index (χ1v) is 7.49. The zero-order valence-electron chi connectivity index (χ0n) is 12.8. The second-order valence-corrected chi connectivity index (χ2v) is 5.18. The van der Waals surface area contributed by atoms with Gasteiger partial charge in [-0.25, -0.2) is 4.79 Å². The highest BCUT2D eigenvalue weighted by molar-refractivity contribution is 5.89. The molecule has 22 heavy (non-hydrogen) atoms. The highest BCUT2D eigenvalue weighted by Gasteiger charge is 2.15. The number of hydrogen-bond donors (Lipinski definition) is 2. The van der Waals surface area contributed by atoms with Gasteiger partial charge in [0.1, 0.15) is 0 Å². The van der Waals surface area contributed by atoms with Crippen molar-refractivity contribution in [2.75, 3.05) is 32.1 Å². The number of amides is 1. The Hall–Kier alpha value is -2.08. The van der Waals surface area contributed by atoms with E-state index in [1.807, 2.05) is 0 Å². The Morgan fingerprint density at radius 1 is 1.32 bits per heavy atom. The van der Waals surface area contributed by atoms with Gasteiger partial charge in [0.05, 0.1) is 18.8 Å². The molecule has 2 N–H and O–H groups in total. The number of nitrogens with one attached hydrogen (secondary N) is 2. The van der Waals surface area contributed by atoms with Gasteiger partial charge in [0.15, 0.2) is 0 Å². The van der Waals surface area contributed by atoms with Gasteiger partial charge in [-0.05, 0) is 37.1 Å². The van der Waals surface area contributed by atoms with Gasteiger partial charge in [-0.15, -0.1) is 0 Å². The van der Waals surface area contributed by atoms with Gasteiger partial charge < -0.3 is 20.1 Å². The molecule has 1 aliphatic heterocycles. The van der Waals surface area contributed by atoms with E-state index >= 15 is 0 Å². The number of methoxy groups -OCH3 is 1. The third-order valence-corrected chi connectivity index (χ3v) is 3.54. The lowest BCUT2D eigenvalue weighted by Crippen LogP contribution is -2.32. The van der Waals surface area contributed by atoms with E-state index in [1.54, 1.807) is 24.3 Å². The number of anilines is 1. The summed E-state index contributed by atoms with van der Waals surface area (Å²) in [4.78, 5) is 23.0. The van der Waals surface area contributed by atoms with E-state index in [2.05, 4.69) is 15.4 Å². The number of benzene rings is 1. The van der Waals surface area contributed by atoms with Crippen molar-refractivity contribution < 1.29 is 19.1 Å². The van der Waals surface area contributed by atoms with Crippen LogP contribution in [0.3, 0.4) is 0 Å². The lowest BCUT2D eigenvalue weighted by atomic mass is 10.2. The van der Waals surface area contributed by atoms with Crippen LogP contribution in [-0.4, -0.2) is 44.8 Å². The summed E-state index contributed by atoms with van der Waals surface area (Å²) in [5.41, 5.74) is 1.36. The molecule has 2 rings (SSSR count).